The number of benzene rings is 1. The van der Waals surface area contributed by atoms with E-state index in [1.165, 1.54) is 4.90 Å². The number of likely N-dealkylation sites (tertiary alicyclic amines) is 1. The van der Waals surface area contributed by atoms with Crippen molar-refractivity contribution in [3.05, 3.63) is 60.2 Å². The predicted molar refractivity (Wildman–Crippen MR) is 122 cm³/mol. The molecule has 5 rings (SSSR count). The van der Waals surface area contributed by atoms with Gasteiger partial charge in [-0.15, -0.1) is 0 Å². The molecule has 1 aromatic carbocycles. The number of esters is 1. The monoisotopic (exact) mass is 466 g/mol. The number of fused-ring (bicyclic) bond motifs is 2. The number of rotatable bonds is 5. The second-order valence-corrected chi connectivity index (χ2v) is 9.57. The van der Waals surface area contributed by atoms with Crippen LogP contribution in [0, 0.1) is 11.8 Å². The van der Waals surface area contributed by atoms with Crippen LogP contribution in [0.1, 0.15) is 25.3 Å². The first-order valence-electron chi connectivity index (χ1n) is 11.9. The van der Waals surface area contributed by atoms with Crippen LogP contribution in [0.25, 0.3) is 0 Å². The molecule has 2 fully saturated rings. The highest BCUT2D eigenvalue weighted by molar-refractivity contribution is 5.99. The standard InChI is InChI=1S/C26H30N2O6/c1-25-11-5-6-16-33-24(32)20(25)19-22(30)28(14-8-15-29)21-23(31)27(13-7-12-26(19,21)34-25)17-18-9-3-2-4-10-18/h2-5,7,9-12,19-21,29H,6,8,13-17H2,1H3/t19-,20+,21?,25-,26-/m0/s1. The summed E-state index contributed by atoms with van der Waals surface area (Å²) >= 11 is 0. The number of hydrogen-bond acceptors (Lipinski definition) is 6. The van der Waals surface area contributed by atoms with E-state index in [9.17, 15) is 19.5 Å². The van der Waals surface area contributed by atoms with Crippen LogP contribution in [-0.2, 0) is 30.4 Å². The Balaban J connectivity index is 1.58. The van der Waals surface area contributed by atoms with Crippen molar-refractivity contribution in [2.45, 2.75) is 43.6 Å². The predicted octanol–water partition coefficient (Wildman–Crippen LogP) is 1.44. The lowest BCUT2D eigenvalue weighted by atomic mass is 9.74. The summed E-state index contributed by atoms with van der Waals surface area (Å²) in [5, 5.41) is 9.46. The van der Waals surface area contributed by atoms with Crippen LogP contribution in [0.4, 0.5) is 0 Å². The summed E-state index contributed by atoms with van der Waals surface area (Å²) < 4.78 is 12.1. The number of amides is 2. The molecular weight excluding hydrogens is 436 g/mol. The van der Waals surface area contributed by atoms with E-state index in [0.29, 0.717) is 25.9 Å². The van der Waals surface area contributed by atoms with Crippen LogP contribution in [0.2, 0.25) is 0 Å². The molecule has 2 saturated heterocycles. The Morgan fingerprint density at radius 2 is 1.85 bits per heavy atom. The van der Waals surface area contributed by atoms with Gasteiger partial charge in [0.1, 0.15) is 17.6 Å². The first kappa shape index (κ1) is 22.8. The van der Waals surface area contributed by atoms with Crippen LogP contribution in [0.3, 0.4) is 0 Å². The first-order chi connectivity index (χ1) is 16.4. The van der Waals surface area contributed by atoms with Crippen molar-refractivity contribution in [1.29, 1.82) is 0 Å². The number of carbonyl (C=O) groups excluding carboxylic acids is 3. The lowest BCUT2D eigenvalue weighted by Gasteiger charge is -2.37. The van der Waals surface area contributed by atoms with Crippen molar-refractivity contribution < 1.29 is 29.0 Å². The normalized spacial score (nSPS) is 34.8. The molecule has 0 saturated carbocycles. The molecule has 5 atom stereocenters. The van der Waals surface area contributed by atoms with Gasteiger partial charge < -0.3 is 24.4 Å². The zero-order valence-corrected chi connectivity index (χ0v) is 19.3. The second-order valence-electron chi connectivity index (χ2n) is 9.57. The SMILES string of the molecule is C[C@]12C=CCCOC(=O)[C@H]1[C@H]1C(=O)N(CCCO)C3C(=O)N(Cc4ccccc4)CC=C[C@@]31O2. The maximum atomic E-state index is 14.0. The van der Waals surface area contributed by atoms with E-state index in [2.05, 4.69) is 0 Å². The number of cyclic esters (lactones) is 1. The van der Waals surface area contributed by atoms with Crippen molar-refractivity contribution in [2.24, 2.45) is 11.8 Å². The highest BCUT2D eigenvalue weighted by atomic mass is 16.6. The Bertz CT molecular complexity index is 1040. The fraction of sp³-hybridized carbons (Fsp3) is 0.500. The van der Waals surface area contributed by atoms with Crippen molar-refractivity contribution in [2.75, 3.05) is 26.3 Å². The molecule has 1 N–H and O–H groups in total. The van der Waals surface area contributed by atoms with Crippen LogP contribution < -0.4 is 0 Å². The average Bonchev–Trinajstić information content (AvgIpc) is 3.14. The largest absolute Gasteiger partial charge is 0.465 e. The molecule has 0 bridgehead atoms. The molecule has 0 aromatic heterocycles. The molecule has 0 radical (unpaired) electrons. The zero-order valence-electron chi connectivity index (χ0n) is 19.3. The van der Waals surface area contributed by atoms with Crippen LogP contribution in [0.15, 0.2) is 54.6 Å². The Kier molecular flexibility index (Phi) is 5.81. The van der Waals surface area contributed by atoms with E-state index in [4.69, 9.17) is 9.47 Å². The second kappa shape index (κ2) is 8.67. The molecule has 8 heteroatoms. The summed E-state index contributed by atoms with van der Waals surface area (Å²) in [6.07, 6.45) is 8.33. The molecule has 0 aliphatic carbocycles. The van der Waals surface area contributed by atoms with Gasteiger partial charge in [-0.3, -0.25) is 14.4 Å². The summed E-state index contributed by atoms with van der Waals surface area (Å²) in [5.74, 6) is -2.75. The first-order valence-corrected chi connectivity index (χ1v) is 11.9. The quantitative estimate of drug-likeness (QED) is 0.521. The molecule has 4 heterocycles. The van der Waals surface area contributed by atoms with E-state index in [-0.39, 0.29) is 31.6 Å². The average molecular weight is 467 g/mol. The Morgan fingerprint density at radius 3 is 2.62 bits per heavy atom. The molecule has 1 unspecified atom stereocenters. The smallest absolute Gasteiger partial charge is 0.313 e. The van der Waals surface area contributed by atoms with Gasteiger partial charge in [0.05, 0.1) is 18.1 Å². The number of aliphatic hydroxyl groups excluding tert-OH is 1. The number of hydrogen-bond donors (Lipinski definition) is 1. The summed E-state index contributed by atoms with van der Waals surface area (Å²) in [7, 11) is 0. The van der Waals surface area contributed by atoms with Gasteiger partial charge in [0, 0.05) is 26.2 Å². The van der Waals surface area contributed by atoms with Gasteiger partial charge in [-0.25, -0.2) is 0 Å². The highest BCUT2D eigenvalue weighted by Crippen LogP contribution is 2.57. The Labute approximate surface area is 198 Å². The van der Waals surface area contributed by atoms with Gasteiger partial charge in [-0.2, -0.15) is 0 Å². The molecule has 4 aliphatic rings. The van der Waals surface area contributed by atoms with Crippen molar-refractivity contribution >= 4 is 17.8 Å². The highest BCUT2D eigenvalue weighted by Gasteiger charge is 2.74. The minimum Gasteiger partial charge on any atom is -0.465 e. The maximum absolute atomic E-state index is 14.0. The summed E-state index contributed by atoms with van der Waals surface area (Å²) in [6, 6.07) is 8.76. The van der Waals surface area contributed by atoms with Crippen LogP contribution in [-0.4, -0.2) is 76.2 Å². The molecule has 8 nitrogen and oxygen atoms in total. The molecule has 2 amide bonds. The number of ether oxygens (including phenoxy) is 2. The van der Waals surface area contributed by atoms with Crippen molar-refractivity contribution in [1.82, 2.24) is 9.80 Å². The van der Waals surface area contributed by atoms with Gasteiger partial charge >= 0.3 is 5.97 Å². The van der Waals surface area contributed by atoms with Crippen molar-refractivity contribution in [3.8, 4) is 0 Å². The van der Waals surface area contributed by atoms with E-state index in [1.54, 1.807) is 11.8 Å². The number of aliphatic hydroxyl groups is 1. The third kappa shape index (κ3) is 3.47. The van der Waals surface area contributed by atoms with E-state index in [1.807, 2.05) is 54.6 Å². The topological polar surface area (TPSA) is 96.4 Å². The Morgan fingerprint density at radius 1 is 1.06 bits per heavy atom. The molecule has 4 aliphatic heterocycles. The molecule has 1 spiro atoms. The molecule has 34 heavy (non-hydrogen) atoms. The van der Waals surface area contributed by atoms with Gasteiger partial charge in [0.2, 0.25) is 11.8 Å². The maximum Gasteiger partial charge on any atom is 0.313 e. The third-order valence-electron chi connectivity index (χ3n) is 7.38. The zero-order chi connectivity index (χ0) is 23.9. The summed E-state index contributed by atoms with van der Waals surface area (Å²) in [5.41, 5.74) is -1.38. The summed E-state index contributed by atoms with van der Waals surface area (Å²) in [4.78, 5) is 44.2. The lowest BCUT2D eigenvalue weighted by molar-refractivity contribution is -0.160. The van der Waals surface area contributed by atoms with Crippen LogP contribution >= 0.6 is 0 Å². The van der Waals surface area contributed by atoms with Crippen LogP contribution in [0.5, 0.6) is 0 Å². The lowest BCUT2D eigenvalue weighted by Crippen LogP contribution is -2.55. The summed E-state index contributed by atoms with van der Waals surface area (Å²) in [6.45, 7) is 2.89. The molecular formula is C26H30N2O6. The van der Waals surface area contributed by atoms with Gasteiger partial charge in [0.15, 0.2) is 0 Å². The van der Waals surface area contributed by atoms with E-state index in [0.717, 1.165) is 5.56 Å². The minimum absolute atomic E-state index is 0.112. The van der Waals surface area contributed by atoms with Gasteiger partial charge in [0.25, 0.3) is 0 Å². The molecule has 180 valence electrons. The fourth-order valence-corrected chi connectivity index (χ4v) is 5.96. The fourth-order valence-electron chi connectivity index (χ4n) is 5.96. The minimum atomic E-state index is -1.29. The van der Waals surface area contributed by atoms with Gasteiger partial charge in [-0.1, -0.05) is 54.6 Å². The Hall–Kier alpha value is -2.97. The van der Waals surface area contributed by atoms with Crippen molar-refractivity contribution in [3.63, 3.8) is 0 Å². The van der Waals surface area contributed by atoms with Gasteiger partial charge in [-0.05, 0) is 25.3 Å². The third-order valence-corrected chi connectivity index (χ3v) is 7.38. The number of carbonyl (C=O) groups is 3. The van der Waals surface area contributed by atoms with E-state index >= 15 is 0 Å². The van der Waals surface area contributed by atoms with E-state index < -0.39 is 35.0 Å². The molecule has 1 aromatic rings. The number of nitrogens with zero attached hydrogens (tertiary/aromatic N) is 2.